The first-order valence-electron chi connectivity index (χ1n) is 5.88. The molecule has 0 spiro atoms. The van der Waals surface area contributed by atoms with Gasteiger partial charge in [0.05, 0.1) is 11.6 Å². The molecule has 0 aliphatic rings. The zero-order valence-electron chi connectivity index (χ0n) is 10.8. The normalized spacial score (nSPS) is 10.4. The van der Waals surface area contributed by atoms with Gasteiger partial charge in [-0.3, -0.25) is 0 Å². The number of benzene rings is 1. The number of hydrogen-bond donors (Lipinski definition) is 1. The van der Waals surface area contributed by atoms with Crippen LogP contribution in [-0.2, 0) is 0 Å². The van der Waals surface area contributed by atoms with Crippen LogP contribution in [0.25, 0.3) is 0 Å². The molecule has 4 heteroatoms. The predicted molar refractivity (Wildman–Crippen MR) is 77.1 cm³/mol. The monoisotopic (exact) mass is 300 g/mol. The van der Waals surface area contributed by atoms with E-state index in [1.165, 1.54) is 18.5 Å². The molecule has 0 unspecified atom stereocenters. The zero-order chi connectivity index (χ0) is 12.7. The number of nitrogens with one attached hydrogen (secondary N) is 1. The van der Waals surface area contributed by atoms with Gasteiger partial charge in [0.1, 0.15) is 5.75 Å². The van der Waals surface area contributed by atoms with Gasteiger partial charge < -0.3 is 15.0 Å². The van der Waals surface area contributed by atoms with Crippen LogP contribution in [0.3, 0.4) is 0 Å². The molecule has 0 radical (unpaired) electrons. The molecule has 3 nitrogen and oxygen atoms in total. The number of rotatable bonds is 7. The fraction of sp³-hybridized carbons (Fsp3) is 0.538. The summed E-state index contributed by atoms with van der Waals surface area (Å²) in [6.07, 6.45) is 2.40. The summed E-state index contributed by atoms with van der Waals surface area (Å²) in [5.74, 6) is 0.873. The Morgan fingerprint density at radius 3 is 2.71 bits per heavy atom. The van der Waals surface area contributed by atoms with Gasteiger partial charge in [-0.1, -0.05) is 0 Å². The summed E-state index contributed by atoms with van der Waals surface area (Å²) in [4.78, 5) is 2.26. The zero-order valence-corrected chi connectivity index (χ0v) is 12.4. The minimum absolute atomic E-state index is 0.873. The molecule has 0 aromatic heterocycles. The molecule has 0 fully saturated rings. The van der Waals surface area contributed by atoms with Crippen molar-refractivity contribution >= 4 is 21.6 Å². The Kier molecular flexibility index (Phi) is 6.37. The molecule has 1 aromatic carbocycles. The summed E-state index contributed by atoms with van der Waals surface area (Å²) in [6.45, 7) is 2.15. The van der Waals surface area contributed by atoms with Crippen molar-refractivity contribution in [3.8, 4) is 5.75 Å². The highest BCUT2D eigenvalue weighted by molar-refractivity contribution is 9.10. The number of methoxy groups -OCH3 is 1. The minimum atomic E-state index is 0.873. The van der Waals surface area contributed by atoms with Crippen LogP contribution in [-0.4, -0.2) is 34.3 Å². The Labute approximate surface area is 112 Å². The third-order valence-electron chi connectivity index (χ3n) is 2.75. The highest BCUT2D eigenvalue weighted by atomic mass is 79.9. The van der Waals surface area contributed by atoms with Crippen LogP contribution < -0.4 is 15.0 Å². The number of halogens is 1. The van der Waals surface area contributed by atoms with E-state index in [4.69, 9.17) is 4.74 Å². The van der Waals surface area contributed by atoms with Crippen LogP contribution in [0.5, 0.6) is 5.75 Å². The van der Waals surface area contributed by atoms with Crippen molar-refractivity contribution in [3.63, 3.8) is 0 Å². The first-order chi connectivity index (χ1) is 8.19. The van der Waals surface area contributed by atoms with Crippen LogP contribution in [0.1, 0.15) is 12.8 Å². The summed E-state index contributed by atoms with van der Waals surface area (Å²) in [5.41, 5.74) is 1.21. The van der Waals surface area contributed by atoms with Crippen molar-refractivity contribution in [2.45, 2.75) is 12.8 Å². The van der Waals surface area contributed by atoms with E-state index in [1.807, 2.05) is 13.1 Å². The lowest BCUT2D eigenvalue weighted by Crippen LogP contribution is -2.19. The van der Waals surface area contributed by atoms with Crippen LogP contribution >= 0.6 is 15.9 Å². The standard InChI is InChI=1S/C13H21BrN2O/c1-15-8-4-5-9-16(2)11-6-7-13(17-3)12(14)10-11/h6-7,10,15H,4-5,8-9H2,1-3H3. The van der Waals surface area contributed by atoms with E-state index >= 15 is 0 Å². The van der Waals surface area contributed by atoms with Crippen molar-refractivity contribution in [2.75, 3.05) is 39.2 Å². The summed E-state index contributed by atoms with van der Waals surface area (Å²) < 4.78 is 6.22. The molecule has 1 N–H and O–H groups in total. The summed E-state index contributed by atoms with van der Waals surface area (Å²) in [6, 6.07) is 6.17. The maximum Gasteiger partial charge on any atom is 0.133 e. The van der Waals surface area contributed by atoms with E-state index in [2.05, 4.69) is 45.3 Å². The van der Waals surface area contributed by atoms with Crippen LogP contribution in [0, 0.1) is 0 Å². The Morgan fingerprint density at radius 1 is 1.35 bits per heavy atom. The summed E-state index contributed by atoms with van der Waals surface area (Å²) in [5, 5.41) is 3.16. The second kappa shape index (κ2) is 7.56. The van der Waals surface area contributed by atoms with E-state index in [-0.39, 0.29) is 0 Å². The molecule has 0 amide bonds. The van der Waals surface area contributed by atoms with E-state index in [9.17, 15) is 0 Å². The fourth-order valence-corrected chi connectivity index (χ4v) is 2.20. The van der Waals surface area contributed by atoms with Crippen LogP contribution in [0.4, 0.5) is 5.69 Å². The highest BCUT2D eigenvalue weighted by Crippen LogP contribution is 2.29. The van der Waals surface area contributed by atoms with Gasteiger partial charge in [-0.15, -0.1) is 0 Å². The van der Waals surface area contributed by atoms with Crippen molar-refractivity contribution in [1.82, 2.24) is 5.32 Å². The molecule has 0 aliphatic heterocycles. The van der Waals surface area contributed by atoms with E-state index in [1.54, 1.807) is 7.11 Å². The Balaban J connectivity index is 2.51. The summed E-state index contributed by atoms with van der Waals surface area (Å²) in [7, 11) is 5.79. The largest absolute Gasteiger partial charge is 0.496 e. The molecule has 0 saturated carbocycles. The van der Waals surface area contributed by atoms with E-state index < -0.39 is 0 Å². The minimum Gasteiger partial charge on any atom is -0.496 e. The number of nitrogens with zero attached hydrogens (tertiary/aromatic N) is 1. The van der Waals surface area contributed by atoms with Gasteiger partial charge in [0.2, 0.25) is 0 Å². The molecular weight excluding hydrogens is 280 g/mol. The molecule has 0 atom stereocenters. The molecule has 0 bridgehead atoms. The lowest BCUT2D eigenvalue weighted by Gasteiger charge is -2.20. The van der Waals surface area contributed by atoms with Gasteiger partial charge in [-0.25, -0.2) is 0 Å². The first kappa shape index (κ1) is 14.3. The second-order valence-corrected chi connectivity index (χ2v) is 4.91. The average molecular weight is 301 g/mol. The lowest BCUT2D eigenvalue weighted by molar-refractivity contribution is 0.412. The van der Waals surface area contributed by atoms with Crippen molar-refractivity contribution in [3.05, 3.63) is 22.7 Å². The lowest BCUT2D eigenvalue weighted by atomic mass is 10.2. The molecule has 0 heterocycles. The topological polar surface area (TPSA) is 24.5 Å². The first-order valence-corrected chi connectivity index (χ1v) is 6.67. The van der Waals surface area contributed by atoms with Crippen molar-refractivity contribution in [2.24, 2.45) is 0 Å². The van der Waals surface area contributed by atoms with Crippen molar-refractivity contribution in [1.29, 1.82) is 0 Å². The summed E-state index contributed by atoms with van der Waals surface area (Å²) >= 11 is 3.51. The smallest absolute Gasteiger partial charge is 0.133 e. The van der Waals surface area contributed by atoms with Gasteiger partial charge in [-0.05, 0) is 60.6 Å². The van der Waals surface area contributed by atoms with E-state index in [0.717, 1.165) is 23.3 Å². The van der Waals surface area contributed by atoms with Gasteiger partial charge in [0.15, 0.2) is 0 Å². The van der Waals surface area contributed by atoms with Crippen LogP contribution in [0.15, 0.2) is 22.7 Å². The number of ether oxygens (including phenoxy) is 1. The number of anilines is 1. The SMILES string of the molecule is CNCCCCN(C)c1ccc(OC)c(Br)c1. The Bertz CT molecular complexity index is 344. The van der Waals surface area contributed by atoms with Crippen molar-refractivity contribution < 1.29 is 4.74 Å². The number of hydrogen-bond acceptors (Lipinski definition) is 3. The molecule has 17 heavy (non-hydrogen) atoms. The van der Waals surface area contributed by atoms with Gasteiger partial charge in [0.25, 0.3) is 0 Å². The predicted octanol–water partition coefficient (Wildman–Crippen LogP) is 2.89. The van der Waals surface area contributed by atoms with Gasteiger partial charge in [0, 0.05) is 19.3 Å². The number of unbranched alkanes of at least 4 members (excludes halogenated alkanes) is 1. The molecule has 96 valence electrons. The molecule has 1 rings (SSSR count). The van der Waals surface area contributed by atoms with Gasteiger partial charge in [-0.2, -0.15) is 0 Å². The maximum absolute atomic E-state index is 5.22. The highest BCUT2D eigenvalue weighted by Gasteiger charge is 2.04. The Hall–Kier alpha value is -0.740. The fourth-order valence-electron chi connectivity index (χ4n) is 1.67. The molecule has 1 aromatic rings. The molecule has 0 aliphatic carbocycles. The second-order valence-electron chi connectivity index (χ2n) is 4.05. The third kappa shape index (κ3) is 4.56. The molecule has 0 saturated heterocycles. The van der Waals surface area contributed by atoms with E-state index in [0.29, 0.717) is 0 Å². The quantitative estimate of drug-likeness (QED) is 0.784. The molecular formula is C13H21BrN2O. The third-order valence-corrected chi connectivity index (χ3v) is 3.37. The van der Waals surface area contributed by atoms with Crippen LogP contribution in [0.2, 0.25) is 0 Å². The van der Waals surface area contributed by atoms with Gasteiger partial charge >= 0.3 is 0 Å². The average Bonchev–Trinajstić information content (AvgIpc) is 2.34. The Morgan fingerprint density at radius 2 is 2.12 bits per heavy atom. The maximum atomic E-state index is 5.22.